The van der Waals surface area contributed by atoms with Gasteiger partial charge in [-0.25, -0.2) is 0 Å². The maximum absolute atomic E-state index is 13.2. The van der Waals surface area contributed by atoms with Crippen LogP contribution in [0.4, 0.5) is 0 Å². The highest BCUT2D eigenvalue weighted by Gasteiger charge is 2.71. The van der Waals surface area contributed by atoms with Crippen molar-refractivity contribution >= 4 is 16.9 Å². The third kappa shape index (κ3) is 6.27. The van der Waals surface area contributed by atoms with Crippen LogP contribution in [0.5, 0.6) is 0 Å². The zero-order chi connectivity index (χ0) is 39.0. The lowest BCUT2D eigenvalue weighted by molar-refractivity contribution is -0.128. The molecule has 4 bridgehead atoms. The van der Waals surface area contributed by atoms with E-state index >= 15 is 0 Å². The third-order valence-electron chi connectivity index (χ3n) is 16.2. The van der Waals surface area contributed by atoms with Crippen molar-refractivity contribution in [3.63, 3.8) is 0 Å². The summed E-state index contributed by atoms with van der Waals surface area (Å²) < 4.78 is 0. The first-order chi connectivity index (χ1) is 27.5. The van der Waals surface area contributed by atoms with E-state index in [4.69, 9.17) is 10.7 Å². The van der Waals surface area contributed by atoms with Gasteiger partial charge in [-0.2, -0.15) is 0 Å². The molecule has 0 saturated heterocycles. The number of nitrogens with zero attached hydrogens (tertiary/aromatic N) is 1. The van der Waals surface area contributed by atoms with Gasteiger partial charge in [0.2, 0.25) is 0 Å². The first-order valence-electron chi connectivity index (χ1n) is 21.7. The van der Waals surface area contributed by atoms with Gasteiger partial charge in [-0.05, 0) is 141 Å². The van der Waals surface area contributed by atoms with Gasteiger partial charge >= 0.3 is 0 Å². The molecular weight excluding hydrogens is 707 g/mol. The first kappa shape index (κ1) is 37.0. The quantitative estimate of drug-likeness (QED) is 0.0456. The molecule has 5 saturated carbocycles. The minimum atomic E-state index is -1.45. The van der Waals surface area contributed by atoms with Crippen molar-refractivity contribution in [3.8, 4) is 11.8 Å². The van der Waals surface area contributed by atoms with Crippen LogP contribution in [0.25, 0.3) is 10.9 Å². The number of benzene rings is 2. The van der Waals surface area contributed by atoms with E-state index < -0.39 is 23.3 Å². The molecule has 2 spiro atoms. The summed E-state index contributed by atoms with van der Waals surface area (Å²) in [6.45, 7) is 2.55. The largest absolute Gasteiger partial charge is 0.390 e. The molecule has 7 aliphatic carbocycles. The SMILES string of the molecule is C[C@@]1(O)[C@@H]2CC[C@@H]3[C@H]4[C@@H]1C[C@H](O)[C@@]4(O)C[C@@H](NC(N)=NCCc1ccccc1)C#C[C@H]1C[C@]4(C=C(Cc5cc6ccccc6[nH]5)[C@@]31C2)CC[C@H](Cc1ccc[nH]1)C4. The van der Waals surface area contributed by atoms with Gasteiger partial charge in [0.15, 0.2) is 5.96 Å². The molecule has 7 aliphatic rings. The number of hydrogen-bond acceptors (Lipinski definition) is 4. The number of H-pyrrole nitrogens is 2. The fraction of sp³-hybridized carbons (Fsp3) is 0.531. The Labute approximate surface area is 336 Å². The van der Waals surface area contributed by atoms with Crippen LogP contribution in [-0.4, -0.2) is 61.1 Å². The van der Waals surface area contributed by atoms with E-state index in [0.29, 0.717) is 24.8 Å². The number of para-hydroxylation sites is 1. The number of hydrogen-bond donors (Lipinski definition) is 7. The zero-order valence-electron chi connectivity index (χ0n) is 33.3. The van der Waals surface area contributed by atoms with Crippen LogP contribution in [0.3, 0.4) is 0 Å². The predicted octanol–water partition coefficient (Wildman–Crippen LogP) is 6.83. The number of rotatable bonds is 8. The summed E-state index contributed by atoms with van der Waals surface area (Å²) in [5, 5.41) is 42.6. The fourth-order valence-electron chi connectivity index (χ4n) is 13.6. The Balaban J connectivity index is 1.09. The molecule has 0 aliphatic heterocycles. The number of nitrogens with one attached hydrogen (secondary N) is 3. The lowest BCUT2D eigenvalue weighted by Gasteiger charge is -2.58. The van der Waals surface area contributed by atoms with E-state index in [-0.39, 0.29) is 46.8 Å². The highest BCUT2D eigenvalue weighted by atomic mass is 16.3. The number of aliphatic hydroxyl groups excluding tert-OH is 1. The van der Waals surface area contributed by atoms with Crippen molar-refractivity contribution in [2.75, 3.05) is 6.54 Å². The summed E-state index contributed by atoms with van der Waals surface area (Å²) in [7, 11) is 0. The van der Waals surface area contributed by atoms with E-state index in [1.54, 1.807) is 0 Å². The number of aromatic nitrogens is 2. The number of fused-ring (bicyclic) bond motifs is 2. The number of aliphatic hydroxyl groups is 3. The molecule has 2 heterocycles. The predicted molar refractivity (Wildman–Crippen MR) is 225 cm³/mol. The minimum absolute atomic E-state index is 0.0110. The Morgan fingerprint density at radius 1 is 0.930 bits per heavy atom. The fourth-order valence-corrected chi connectivity index (χ4v) is 13.6. The molecule has 5 fully saturated rings. The standard InChI is InChI=1S/C49H59N5O3/c1-46(56)34-14-16-40-44-41(46)25-43(55)49(44,57)30-38(54-45(50)52-21-18-31-8-3-2-4-9-31)15-13-35-27-47(19-17-32(26-47)22-37-11-7-20-51-37)28-36(48(35,40)29-34)24-39-23-33-10-5-6-12-42(33)53-39/h2-12,20,23,28,32,34-35,38,40-41,43-44,51,53,55-57H,14,16-19,21-22,24-27,29-30H2,1H3,(H3,50,52,54)/t32-,34-,35+,38+,40-,41+,43+,44+,46-,47+,48+,49+/m1/s1. The molecule has 0 radical (unpaired) electrons. The van der Waals surface area contributed by atoms with Crippen LogP contribution >= 0.6 is 0 Å². The smallest absolute Gasteiger partial charge is 0.189 e. The van der Waals surface area contributed by atoms with Gasteiger partial charge in [-0.1, -0.05) is 72.0 Å². The Kier molecular flexibility index (Phi) is 9.04. The van der Waals surface area contributed by atoms with Gasteiger partial charge in [0.1, 0.15) is 0 Å². The van der Waals surface area contributed by atoms with Gasteiger partial charge < -0.3 is 36.3 Å². The molecule has 0 amide bonds. The second kappa shape index (κ2) is 13.9. The van der Waals surface area contributed by atoms with Crippen molar-refractivity contribution in [1.82, 2.24) is 15.3 Å². The second-order valence-corrected chi connectivity index (χ2v) is 19.3. The third-order valence-corrected chi connectivity index (χ3v) is 16.2. The number of aliphatic imine (C=N–C) groups is 1. The number of allylic oxidation sites excluding steroid dienone is 2. The molecule has 298 valence electrons. The van der Waals surface area contributed by atoms with E-state index in [1.165, 1.54) is 34.3 Å². The highest BCUT2D eigenvalue weighted by molar-refractivity contribution is 5.80. The molecule has 8 nitrogen and oxygen atoms in total. The van der Waals surface area contributed by atoms with Crippen LogP contribution in [0, 0.1) is 58.2 Å². The molecular formula is C49H59N5O3. The molecule has 0 unspecified atom stereocenters. The van der Waals surface area contributed by atoms with Gasteiger partial charge in [-0.3, -0.25) is 4.99 Å². The van der Waals surface area contributed by atoms with Crippen molar-refractivity contribution in [3.05, 3.63) is 108 Å². The normalized spacial score (nSPS) is 39.4. The van der Waals surface area contributed by atoms with Crippen molar-refractivity contribution in [1.29, 1.82) is 0 Å². The van der Waals surface area contributed by atoms with Crippen LogP contribution in [-0.2, 0) is 19.3 Å². The number of guanidine groups is 1. The van der Waals surface area contributed by atoms with E-state index in [1.807, 2.05) is 31.3 Å². The molecule has 4 aromatic rings. The van der Waals surface area contributed by atoms with Crippen molar-refractivity contribution in [2.45, 2.75) is 107 Å². The monoisotopic (exact) mass is 765 g/mol. The molecule has 2 aromatic carbocycles. The van der Waals surface area contributed by atoms with Gasteiger partial charge in [0.25, 0.3) is 0 Å². The Bertz CT molecular complexity index is 2200. The maximum atomic E-state index is 13.2. The summed E-state index contributed by atoms with van der Waals surface area (Å²) in [5.74, 6) is 8.17. The van der Waals surface area contributed by atoms with Crippen LogP contribution in [0.1, 0.15) is 81.7 Å². The van der Waals surface area contributed by atoms with Crippen molar-refractivity contribution < 1.29 is 15.3 Å². The molecule has 8 N–H and O–H groups in total. The lowest BCUT2D eigenvalue weighted by Crippen LogP contribution is -2.56. The van der Waals surface area contributed by atoms with Gasteiger partial charge in [0, 0.05) is 53.8 Å². The van der Waals surface area contributed by atoms with Crippen LogP contribution in [0.15, 0.2) is 95.6 Å². The van der Waals surface area contributed by atoms with E-state index in [2.05, 4.69) is 87.8 Å². The topological polar surface area (TPSA) is 143 Å². The summed E-state index contributed by atoms with van der Waals surface area (Å²) in [6, 6.07) is 24.9. The number of aromatic amines is 2. The maximum Gasteiger partial charge on any atom is 0.189 e. The number of nitrogens with two attached hydrogens (primary N) is 1. The summed E-state index contributed by atoms with van der Waals surface area (Å²) in [4.78, 5) is 12.0. The molecule has 11 rings (SSSR count). The molecule has 2 aromatic heterocycles. The van der Waals surface area contributed by atoms with Gasteiger partial charge in [0.05, 0.1) is 23.3 Å². The Morgan fingerprint density at radius 3 is 2.60 bits per heavy atom. The lowest BCUT2D eigenvalue weighted by atomic mass is 9.46. The molecule has 8 heteroatoms. The van der Waals surface area contributed by atoms with E-state index in [9.17, 15) is 15.3 Å². The Hall–Kier alpha value is -4.29. The molecule has 12 atom stereocenters. The highest BCUT2D eigenvalue weighted by Crippen LogP contribution is 2.72. The van der Waals surface area contributed by atoms with Crippen LogP contribution < -0.4 is 11.1 Å². The van der Waals surface area contributed by atoms with E-state index in [0.717, 1.165) is 63.3 Å². The average molecular weight is 766 g/mol. The average Bonchev–Trinajstić information content (AvgIpc) is 3.98. The summed E-state index contributed by atoms with van der Waals surface area (Å²) in [5.41, 5.74) is 10.1. The molecule has 57 heavy (non-hydrogen) atoms. The zero-order valence-corrected chi connectivity index (χ0v) is 33.3. The Morgan fingerprint density at radius 2 is 1.77 bits per heavy atom. The second-order valence-electron chi connectivity index (χ2n) is 19.3. The van der Waals surface area contributed by atoms with Crippen LogP contribution in [0.2, 0.25) is 0 Å². The minimum Gasteiger partial charge on any atom is -0.390 e. The summed E-state index contributed by atoms with van der Waals surface area (Å²) >= 11 is 0. The summed E-state index contributed by atoms with van der Waals surface area (Å²) in [6.07, 6.45) is 14.1. The van der Waals surface area contributed by atoms with Gasteiger partial charge in [-0.15, -0.1) is 0 Å². The first-order valence-corrected chi connectivity index (χ1v) is 21.7. The van der Waals surface area contributed by atoms with Crippen molar-refractivity contribution in [2.24, 2.45) is 57.1 Å².